The Hall–Kier alpha value is -4.06. The molecule has 28 heavy (non-hydrogen) atoms. The Bertz CT molecular complexity index is 1170. The van der Waals surface area contributed by atoms with Gasteiger partial charge in [-0.15, -0.1) is 0 Å². The van der Waals surface area contributed by atoms with Gasteiger partial charge in [0.2, 0.25) is 5.82 Å². The predicted octanol–water partition coefficient (Wildman–Crippen LogP) is 4.03. The Morgan fingerprint density at radius 2 is 1.82 bits per heavy atom. The maximum Gasteiger partial charge on any atom is 0.387 e. The largest absolute Gasteiger partial charge is 0.435 e. The summed E-state index contributed by atoms with van der Waals surface area (Å²) in [7, 11) is 0. The van der Waals surface area contributed by atoms with E-state index in [1.807, 2.05) is 24.3 Å². The van der Waals surface area contributed by atoms with Gasteiger partial charge in [0.1, 0.15) is 11.8 Å². The van der Waals surface area contributed by atoms with E-state index >= 15 is 0 Å². The minimum Gasteiger partial charge on any atom is -0.435 e. The summed E-state index contributed by atoms with van der Waals surface area (Å²) < 4.78 is 30.4. The molecule has 1 N–H and O–H groups in total. The van der Waals surface area contributed by atoms with Crippen molar-refractivity contribution in [3.8, 4) is 17.6 Å². The zero-order valence-corrected chi connectivity index (χ0v) is 14.3. The van der Waals surface area contributed by atoms with Crippen molar-refractivity contribution in [1.29, 1.82) is 5.26 Å². The lowest BCUT2D eigenvalue weighted by molar-refractivity contribution is -0.0498. The first-order chi connectivity index (χ1) is 13.6. The van der Waals surface area contributed by atoms with E-state index < -0.39 is 6.61 Å². The van der Waals surface area contributed by atoms with Crippen molar-refractivity contribution in [2.24, 2.45) is 0 Å². The molecular formula is C19H12F2N6O. The van der Waals surface area contributed by atoms with Crippen molar-refractivity contribution in [3.05, 3.63) is 66.7 Å². The van der Waals surface area contributed by atoms with Crippen LogP contribution < -0.4 is 10.1 Å². The molecule has 0 amide bonds. The summed E-state index contributed by atoms with van der Waals surface area (Å²) >= 11 is 0. The van der Waals surface area contributed by atoms with Crippen LogP contribution in [-0.4, -0.2) is 26.1 Å². The molecule has 0 aliphatic heterocycles. The van der Waals surface area contributed by atoms with E-state index in [2.05, 4.69) is 31.1 Å². The van der Waals surface area contributed by atoms with E-state index in [9.17, 15) is 14.0 Å². The van der Waals surface area contributed by atoms with Crippen molar-refractivity contribution in [2.75, 3.05) is 5.32 Å². The number of para-hydroxylation sites is 2. The van der Waals surface area contributed by atoms with Gasteiger partial charge in [-0.2, -0.15) is 14.0 Å². The van der Waals surface area contributed by atoms with Crippen molar-refractivity contribution >= 4 is 22.5 Å². The van der Waals surface area contributed by atoms with Gasteiger partial charge >= 0.3 is 6.61 Å². The Kier molecular flexibility index (Phi) is 4.51. The second-order valence-corrected chi connectivity index (χ2v) is 5.66. The van der Waals surface area contributed by atoms with Gasteiger partial charge in [-0.05, 0) is 36.4 Å². The molecule has 9 heteroatoms. The van der Waals surface area contributed by atoms with Crippen LogP contribution in [0.3, 0.4) is 0 Å². The molecule has 0 fully saturated rings. The van der Waals surface area contributed by atoms with Gasteiger partial charge in [-0.25, -0.2) is 9.97 Å². The Labute approximate surface area is 157 Å². The molecule has 0 bridgehead atoms. The number of benzene rings is 2. The van der Waals surface area contributed by atoms with E-state index in [-0.39, 0.29) is 11.6 Å². The smallest absolute Gasteiger partial charge is 0.387 e. The maximum atomic E-state index is 12.2. The summed E-state index contributed by atoms with van der Waals surface area (Å²) in [6.45, 7) is -2.87. The van der Waals surface area contributed by atoms with Crippen LogP contribution in [-0.2, 0) is 0 Å². The Morgan fingerprint density at radius 3 is 2.57 bits per heavy atom. The van der Waals surface area contributed by atoms with Crippen LogP contribution in [0, 0.1) is 11.3 Å². The number of nitrogens with zero attached hydrogens (tertiary/aromatic N) is 5. The molecule has 0 unspecified atom stereocenters. The van der Waals surface area contributed by atoms with Crippen molar-refractivity contribution in [3.63, 3.8) is 0 Å². The molecule has 0 saturated heterocycles. The SMILES string of the molecule is N#Cc1nc2ccccc2n1-c1cncc(Nc2ccc(OC(F)F)cc2)n1. The third-order valence-corrected chi connectivity index (χ3v) is 3.86. The van der Waals surface area contributed by atoms with Crippen LogP contribution in [0.1, 0.15) is 5.82 Å². The molecule has 2 heterocycles. The standard InChI is InChI=1S/C19H12F2N6O/c20-19(21)28-13-7-5-12(6-8-13)24-16-10-23-11-18(26-16)27-15-4-2-1-3-14(15)25-17(27)9-22/h1-8,10-11,19H,(H,24,26). The van der Waals surface area contributed by atoms with Crippen LogP contribution in [0.4, 0.5) is 20.3 Å². The van der Waals surface area contributed by atoms with E-state index in [4.69, 9.17) is 0 Å². The number of ether oxygens (including phenoxy) is 1. The number of hydrogen-bond donors (Lipinski definition) is 1. The van der Waals surface area contributed by atoms with Gasteiger partial charge in [0, 0.05) is 5.69 Å². The maximum absolute atomic E-state index is 12.2. The monoisotopic (exact) mass is 378 g/mol. The summed E-state index contributed by atoms with van der Waals surface area (Å²) in [6, 6.07) is 15.4. The van der Waals surface area contributed by atoms with Gasteiger partial charge < -0.3 is 10.1 Å². The van der Waals surface area contributed by atoms with Gasteiger partial charge in [0.25, 0.3) is 0 Å². The third-order valence-electron chi connectivity index (χ3n) is 3.86. The third kappa shape index (κ3) is 3.43. The number of halogens is 2. The molecule has 7 nitrogen and oxygen atoms in total. The number of fused-ring (bicyclic) bond motifs is 1. The number of rotatable bonds is 5. The lowest BCUT2D eigenvalue weighted by Crippen LogP contribution is -2.04. The molecular weight excluding hydrogens is 366 g/mol. The Balaban J connectivity index is 1.65. The minimum absolute atomic E-state index is 0.0592. The molecule has 0 saturated carbocycles. The fourth-order valence-electron chi connectivity index (χ4n) is 2.72. The van der Waals surface area contributed by atoms with Crippen LogP contribution in [0.5, 0.6) is 5.75 Å². The molecule has 2 aromatic carbocycles. The van der Waals surface area contributed by atoms with E-state index in [1.165, 1.54) is 24.5 Å². The van der Waals surface area contributed by atoms with Crippen LogP contribution in [0.15, 0.2) is 60.9 Å². The van der Waals surface area contributed by atoms with Crippen LogP contribution in [0.25, 0.3) is 16.9 Å². The van der Waals surface area contributed by atoms with Gasteiger partial charge in [0.15, 0.2) is 11.6 Å². The average Bonchev–Trinajstić information content (AvgIpc) is 3.08. The summed E-state index contributed by atoms with van der Waals surface area (Å²) in [5, 5.41) is 12.5. The summed E-state index contributed by atoms with van der Waals surface area (Å²) in [6.07, 6.45) is 3.04. The summed E-state index contributed by atoms with van der Waals surface area (Å²) in [5.74, 6) is 1.10. The van der Waals surface area contributed by atoms with E-state index in [0.717, 1.165) is 5.52 Å². The Morgan fingerprint density at radius 1 is 1.04 bits per heavy atom. The zero-order chi connectivity index (χ0) is 19.5. The van der Waals surface area contributed by atoms with Crippen molar-refractivity contribution in [2.45, 2.75) is 6.61 Å². The molecule has 138 valence electrons. The summed E-state index contributed by atoms with van der Waals surface area (Å²) in [5.41, 5.74) is 2.02. The fraction of sp³-hybridized carbons (Fsp3) is 0.0526. The van der Waals surface area contributed by atoms with E-state index in [0.29, 0.717) is 22.8 Å². The zero-order valence-electron chi connectivity index (χ0n) is 14.3. The lowest BCUT2D eigenvalue weighted by atomic mass is 10.3. The number of nitriles is 1. The second kappa shape index (κ2) is 7.28. The number of anilines is 2. The van der Waals surface area contributed by atoms with E-state index in [1.54, 1.807) is 16.7 Å². The van der Waals surface area contributed by atoms with Crippen molar-refractivity contribution < 1.29 is 13.5 Å². The van der Waals surface area contributed by atoms with Crippen molar-refractivity contribution in [1.82, 2.24) is 19.5 Å². The molecule has 0 spiro atoms. The number of nitrogens with one attached hydrogen (secondary N) is 1. The lowest BCUT2D eigenvalue weighted by Gasteiger charge is -2.09. The molecule has 2 aromatic heterocycles. The highest BCUT2D eigenvalue weighted by atomic mass is 19.3. The van der Waals surface area contributed by atoms with Crippen LogP contribution >= 0.6 is 0 Å². The first-order valence-corrected chi connectivity index (χ1v) is 8.16. The highest BCUT2D eigenvalue weighted by Crippen LogP contribution is 2.23. The van der Waals surface area contributed by atoms with Crippen LogP contribution in [0.2, 0.25) is 0 Å². The number of aromatic nitrogens is 4. The summed E-state index contributed by atoms with van der Waals surface area (Å²) in [4.78, 5) is 12.9. The van der Waals surface area contributed by atoms with Gasteiger partial charge in [-0.1, -0.05) is 12.1 Å². The average molecular weight is 378 g/mol. The van der Waals surface area contributed by atoms with Gasteiger partial charge in [0.05, 0.1) is 23.4 Å². The number of hydrogen-bond acceptors (Lipinski definition) is 6. The molecule has 0 atom stereocenters. The molecule has 4 rings (SSSR count). The normalized spacial score (nSPS) is 10.8. The number of imidazole rings is 1. The molecule has 0 aliphatic rings. The molecule has 0 radical (unpaired) electrons. The topological polar surface area (TPSA) is 88.7 Å². The molecule has 4 aromatic rings. The molecule has 0 aliphatic carbocycles. The van der Waals surface area contributed by atoms with Gasteiger partial charge in [-0.3, -0.25) is 9.55 Å². The highest BCUT2D eigenvalue weighted by Gasteiger charge is 2.13. The fourth-order valence-corrected chi connectivity index (χ4v) is 2.72. The first-order valence-electron chi connectivity index (χ1n) is 8.16. The first kappa shape index (κ1) is 17.4. The number of alkyl halides is 2. The second-order valence-electron chi connectivity index (χ2n) is 5.66. The highest BCUT2D eigenvalue weighted by molar-refractivity contribution is 5.78. The predicted molar refractivity (Wildman–Crippen MR) is 97.7 cm³/mol. The minimum atomic E-state index is -2.87. The quantitative estimate of drug-likeness (QED) is 0.564.